The van der Waals surface area contributed by atoms with Crippen LogP contribution in [-0.4, -0.2) is 34.4 Å². The Bertz CT molecular complexity index is 98.2. The largest absolute Gasteiger partial charge is 0.502 e. The molecule has 0 amide bonds. The summed E-state index contributed by atoms with van der Waals surface area (Å²) in [5.74, 6) is -2.20. The average molecular weight is 149 g/mol. The van der Waals surface area contributed by atoms with E-state index >= 15 is 0 Å². The highest BCUT2D eigenvalue weighted by Crippen LogP contribution is 1.75. The van der Waals surface area contributed by atoms with Crippen molar-refractivity contribution in [1.29, 1.82) is 0 Å². The maximum atomic E-state index is 9.35. The predicted octanol–water partition coefficient (Wildman–Crippen LogP) is -0.920. The number of aliphatic hydroxyl groups is 2. The lowest BCUT2D eigenvalue weighted by Crippen LogP contribution is -2.02. The van der Waals surface area contributed by atoms with Crippen molar-refractivity contribution < 1.29 is 20.1 Å². The van der Waals surface area contributed by atoms with Crippen LogP contribution in [0.2, 0.25) is 0 Å². The van der Waals surface area contributed by atoms with Gasteiger partial charge in [0.15, 0.2) is 5.76 Å². The number of hydrogen-bond acceptors (Lipinski definition) is 4. The van der Waals surface area contributed by atoms with Crippen molar-refractivity contribution in [3.05, 3.63) is 12.3 Å². The fourth-order valence-corrected chi connectivity index (χ4v) is 0. The summed E-state index contributed by atoms with van der Waals surface area (Å²) in [4.78, 5) is 9.35. The third-order valence-corrected chi connectivity index (χ3v) is 0.376. The fourth-order valence-electron chi connectivity index (χ4n) is 0. The first kappa shape index (κ1) is 11.7. The lowest BCUT2D eigenvalue weighted by molar-refractivity contribution is -0.135. The minimum absolute atomic E-state index is 0.0972. The Kier molecular flexibility index (Phi) is 9.27. The molecular formula is C5H11NO4. The van der Waals surface area contributed by atoms with Crippen molar-refractivity contribution in [3.63, 3.8) is 0 Å². The summed E-state index contributed by atoms with van der Waals surface area (Å²) < 4.78 is 0. The quantitative estimate of drug-likeness (QED) is 0.300. The van der Waals surface area contributed by atoms with Gasteiger partial charge in [-0.3, -0.25) is 0 Å². The van der Waals surface area contributed by atoms with Crippen LogP contribution in [0, 0.1) is 0 Å². The van der Waals surface area contributed by atoms with E-state index in [4.69, 9.17) is 21.1 Å². The number of carboxylic acid groups (broad SMARTS) is 1. The highest BCUT2D eigenvalue weighted by Gasteiger charge is 1.94. The van der Waals surface area contributed by atoms with Gasteiger partial charge in [-0.2, -0.15) is 0 Å². The van der Waals surface area contributed by atoms with Crippen molar-refractivity contribution in [2.75, 3.05) is 13.2 Å². The second-order valence-electron chi connectivity index (χ2n) is 1.26. The molecular weight excluding hydrogens is 138 g/mol. The number of hydrogen-bond donors (Lipinski definition) is 4. The number of rotatable bonds is 2. The van der Waals surface area contributed by atoms with Crippen LogP contribution in [0.15, 0.2) is 12.3 Å². The van der Waals surface area contributed by atoms with Gasteiger partial charge in [0.05, 0.1) is 6.61 Å². The number of aliphatic carboxylic acids is 1. The number of carboxylic acids is 1. The van der Waals surface area contributed by atoms with Crippen LogP contribution in [0.3, 0.4) is 0 Å². The summed E-state index contributed by atoms with van der Waals surface area (Å²) in [5.41, 5.74) is 4.78. The van der Waals surface area contributed by atoms with Crippen molar-refractivity contribution >= 4 is 5.97 Å². The molecule has 0 bridgehead atoms. The van der Waals surface area contributed by atoms with Crippen molar-refractivity contribution in [1.82, 2.24) is 0 Å². The van der Waals surface area contributed by atoms with Gasteiger partial charge in [0, 0.05) is 6.54 Å². The molecule has 0 rings (SSSR count). The zero-order chi connectivity index (χ0) is 8.57. The average Bonchev–Trinajstić information content (AvgIpc) is 1.89. The summed E-state index contributed by atoms with van der Waals surface area (Å²) in [6, 6.07) is 0. The topological polar surface area (TPSA) is 104 Å². The third-order valence-electron chi connectivity index (χ3n) is 0.376. The van der Waals surface area contributed by atoms with E-state index in [1.807, 2.05) is 0 Å². The van der Waals surface area contributed by atoms with Gasteiger partial charge in [-0.1, -0.05) is 0 Å². The molecule has 0 atom stereocenters. The molecule has 0 aromatic heterocycles. The zero-order valence-corrected chi connectivity index (χ0v) is 5.45. The molecule has 0 spiro atoms. The molecule has 0 aliphatic heterocycles. The molecule has 0 aliphatic rings. The Morgan fingerprint density at radius 1 is 1.50 bits per heavy atom. The highest BCUT2D eigenvalue weighted by atomic mass is 16.4. The molecule has 0 heterocycles. The van der Waals surface area contributed by atoms with Crippen LogP contribution < -0.4 is 5.73 Å². The van der Waals surface area contributed by atoms with Gasteiger partial charge < -0.3 is 21.1 Å². The van der Waals surface area contributed by atoms with Crippen molar-refractivity contribution in [3.8, 4) is 0 Å². The minimum atomic E-state index is -1.38. The standard InChI is InChI=1S/C3H4O3.C2H7NO/c1-2(4)3(5)6;3-1-2-4/h4H,1H2,(H,5,6);4H,1-3H2. The van der Waals surface area contributed by atoms with Crippen molar-refractivity contribution in [2.45, 2.75) is 0 Å². The second-order valence-corrected chi connectivity index (χ2v) is 1.26. The lowest BCUT2D eigenvalue weighted by Gasteiger charge is -1.79. The molecule has 0 unspecified atom stereocenters. The van der Waals surface area contributed by atoms with Crippen LogP contribution in [0.1, 0.15) is 0 Å². The zero-order valence-electron chi connectivity index (χ0n) is 5.45. The summed E-state index contributed by atoms with van der Waals surface area (Å²) >= 11 is 0. The molecule has 10 heavy (non-hydrogen) atoms. The number of nitrogens with two attached hydrogens (primary N) is 1. The van der Waals surface area contributed by atoms with Gasteiger partial charge in [-0.05, 0) is 6.58 Å². The van der Waals surface area contributed by atoms with E-state index in [0.29, 0.717) is 6.54 Å². The Labute approximate surface area is 58.4 Å². The molecule has 0 aliphatic carbocycles. The summed E-state index contributed by atoms with van der Waals surface area (Å²) in [6.07, 6.45) is 0. The minimum Gasteiger partial charge on any atom is -0.502 e. The molecule has 0 saturated carbocycles. The smallest absolute Gasteiger partial charge is 0.370 e. The first-order valence-corrected chi connectivity index (χ1v) is 2.48. The van der Waals surface area contributed by atoms with E-state index in [9.17, 15) is 4.79 Å². The number of carbonyl (C=O) groups is 1. The van der Waals surface area contributed by atoms with E-state index in [-0.39, 0.29) is 6.61 Å². The van der Waals surface area contributed by atoms with E-state index in [1.165, 1.54) is 0 Å². The van der Waals surface area contributed by atoms with Gasteiger partial charge in [-0.15, -0.1) is 0 Å². The molecule has 5 N–H and O–H groups in total. The van der Waals surface area contributed by atoms with Gasteiger partial charge in [0.25, 0.3) is 0 Å². The van der Waals surface area contributed by atoms with Crippen LogP contribution in [0.25, 0.3) is 0 Å². The van der Waals surface area contributed by atoms with Crippen LogP contribution in [0.4, 0.5) is 0 Å². The molecule has 60 valence electrons. The Balaban J connectivity index is 0. The molecule has 0 saturated heterocycles. The van der Waals surface area contributed by atoms with Gasteiger partial charge in [0.2, 0.25) is 0 Å². The lowest BCUT2D eigenvalue weighted by atomic mass is 10.6. The Morgan fingerprint density at radius 3 is 1.70 bits per heavy atom. The van der Waals surface area contributed by atoms with E-state index in [1.54, 1.807) is 0 Å². The summed E-state index contributed by atoms with van der Waals surface area (Å²) in [5, 5.41) is 23.2. The van der Waals surface area contributed by atoms with Gasteiger partial charge >= 0.3 is 5.97 Å². The first-order chi connectivity index (χ1) is 4.56. The molecule has 0 radical (unpaired) electrons. The predicted molar refractivity (Wildman–Crippen MR) is 35.5 cm³/mol. The monoisotopic (exact) mass is 149 g/mol. The Hall–Kier alpha value is -1.07. The van der Waals surface area contributed by atoms with Crippen molar-refractivity contribution in [2.24, 2.45) is 5.73 Å². The van der Waals surface area contributed by atoms with E-state index in [0.717, 1.165) is 0 Å². The maximum Gasteiger partial charge on any atom is 0.370 e. The second kappa shape index (κ2) is 7.93. The van der Waals surface area contributed by atoms with E-state index in [2.05, 4.69) is 6.58 Å². The molecule has 5 nitrogen and oxygen atoms in total. The molecule has 0 fully saturated rings. The maximum absolute atomic E-state index is 9.35. The van der Waals surface area contributed by atoms with Crippen LogP contribution in [0.5, 0.6) is 0 Å². The molecule has 5 heteroatoms. The first-order valence-electron chi connectivity index (χ1n) is 2.48. The summed E-state index contributed by atoms with van der Waals surface area (Å²) in [7, 11) is 0. The van der Waals surface area contributed by atoms with Gasteiger partial charge in [-0.25, -0.2) is 4.79 Å². The SMILES string of the molecule is C=C(O)C(=O)O.NCCO. The van der Waals surface area contributed by atoms with Crippen LogP contribution in [-0.2, 0) is 4.79 Å². The van der Waals surface area contributed by atoms with E-state index < -0.39 is 11.7 Å². The Morgan fingerprint density at radius 2 is 1.70 bits per heavy atom. The van der Waals surface area contributed by atoms with Crippen LogP contribution >= 0.6 is 0 Å². The van der Waals surface area contributed by atoms with Gasteiger partial charge in [0.1, 0.15) is 0 Å². The number of aliphatic hydroxyl groups excluding tert-OH is 2. The fraction of sp³-hybridized carbons (Fsp3) is 0.400. The highest BCUT2D eigenvalue weighted by molar-refractivity contribution is 5.82. The third kappa shape index (κ3) is 15.8. The summed E-state index contributed by atoms with van der Waals surface area (Å²) in [6.45, 7) is 3.18. The normalized spacial score (nSPS) is 7.40. The molecule has 0 aromatic rings. The molecule has 0 aromatic carbocycles.